The first-order valence-corrected chi connectivity index (χ1v) is 13.5. The molecule has 2 aromatic carbocycles. The molecule has 2 aromatic rings. The van der Waals surface area contributed by atoms with Crippen LogP contribution in [0.4, 0.5) is 18.0 Å². The zero-order valence-electron chi connectivity index (χ0n) is 21.4. The first-order valence-electron chi connectivity index (χ1n) is 12.5. The van der Waals surface area contributed by atoms with Gasteiger partial charge in [-0.25, -0.2) is 4.79 Å². The lowest BCUT2D eigenvalue weighted by molar-refractivity contribution is -0.274. The van der Waals surface area contributed by atoms with Gasteiger partial charge in [-0.1, -0.05) is 30.3 Å². The number of hydrogen-bond acceptors (Lipinski definition) is 5. The van der Waals surface area contributed by atoms with Gasteiger partial charge < -0.3 is 19.3 Å². The van der Waals surface area contributed by atoms with Gasteiger partial charge in [0, 0.05) is 15.7 Å². The number of carbonyl (C=O) groups excluding carboxylic acids is 1. The third kappa shape index (κ3) is 7.34. The monoisotopic (exact) mass is 645 g/mol. The second kappa shape index (κ2) is 11.0. The van der Waals surface area contributed by atoms with Crippen LogP contribution >= 0.6 is 22.6 Å². The van der Waals surface area contributed by atoms with Crippen LogP contribution in [-0.4, -0.2) is 46.3 Å². The minimum absolute atomic E-state index is 0.00447. The topological polar surface area (TPSA) is 68.2 Å². The number of nitrogens with zero attached hydrogens (tertiary/aromatic N) is 1. The van der Waals surface area contributed by atoms with Crippen LogP contribution in [0.15, 0.2) is 54.6 Å². The summed E-state index contributed by atoms with van der Waals surface area (Å²) >= 11 is 1.99. The summed E-state index contributed by atoms with van der Waals surface area (Å²) in [5, 5.41) is 12.1. The highest BCUT2D eigenvalue weighted by molar-refractivity contribution is 14.1. The third-order valence-corrected chi connectivity index (χ3v) is 7.03. The van der Waals surface area contributed by atoms with Crippen molar-refractivity contribution in [2.45, 2.75) is 76.2 Å². The van der Waals surface area contributed by atoms with Gasteiger partial charge in [0.2, 0.25) is 0 Å². The van der Waals surface area contributed by atoms with Crippen molar-refractivity contribution < 1.29 is 37.3 Å². The van der Waals surface area contributed by atoms with Crippen molar-refractivity contribution in [3.8, 4) is 11.5 Å². The molecule has 2 fully saturated rings. The minimum atomic E-state index is -4.85. The van der Waals surface area contributed by atoms with E-state index in [-0.39, 0.29) is 11.9 Å². The molecule has 0 bridgehead atoms. The summed E-state index contributed by atoms with van der Waals surface area (Å²) in [7, 11) is 0. The number of piperidine rings is 1. The number of likely N-dealkylation sites (tertiary alicyclic amines) is 1. The fourth-order valence-electron chi connectivity index (χ4n) is 4.50. The molecule has 1 heterocycles. The van der Waals surface area contributed by atoms with Gasteiger partial charge in [-0.2, -0.15) is 0 Å². The summed E-state index contributed by atoms with van der Waals surface area (Å²) in [6.45, 7) is 5.71. The Bertz CT molecular complexity index is 1180. The summed E-state index contributed by atoms with van der Waals surface area (Å²) in [5.41, 5.74) is -1.19. The number of rotatable bonds is 6. The second-order valence-corrected chi connectivity index (χ2v) is 11.8. The van der Waals surface area contributed by atoms with Crippen LogP contribution in [-0.2, 0) is 4.74 Å². The maximum absolute atomic E-state index is 13.2. The van der Waals surface area contributed by atoms with Gasteiger partial charge >= 0.3 is 12.5 Å². The number of halogens is 4. The molecule has 206 valence electrons. The lowest BCUT2D eigenvalue weighted by atomic mass is 9.80. The van der Waals surface area contributed by atoms with Crippen LogP contribution < -0.4 is 9.47 Å². The fourth-order valence-corrected chi connectivity index (χ4v) is 5.46. The van der Waals surface area contributed by atoms with E-state index in [2.05, 4.69) is 4.74 Å². The number of hydrogen-bond donors (Lipinski definition) is 1. The molecule has 1 amide bonds. The van der Waals surface area contributed by atoms with E-state index >= 15 is 0 Å². The van der Waals surface area contributed by atoms with E-state index in [1.165, 1.54) is 23.1 Å². The molecule has 0 spiro atoms. The lowest BCUT2D eigenvalue weighted by Crippen LogP contribution is -2.53. The Morgan fingerprint density at radius 2 is 1.82 bits per heavy atom. The average Bonchev–Trinajstić information content (AvgIpc) is 3.62. The van der Waals surface area contributed by atoms with Crippen molar-refractivity contribution in [2.75, 3.05) is 6.54 Å². The van der Waals surface area contributed by atoms with Crippen molar-refractivity contribution >= 4 is 32.3 Å². The van der Waals surface area contributed by atoms with Gasteiger partial charge in [0.15, 0.2) is 0 Å². The molecule has 0 unspecified atom stereocenters. The van der Waals surface area contributed by atoms with Crippen molar-refractivity contribution in [2.24, 2.45) is 0 Å². The molecule has 10 heteroatoms. The first-order chi connectivity index (χ1) is 17.7. The van der Waals surface area contributed by atoms with Crippen molar-refractivity contribution in [3.05, 3.63) is 65.7 Å². The highest BCUT2D eigenvalue weighted by Crippen LogP contribution is 2.45. The van der Waals surface area contributed by atoms with Gasteiger partial charge in [-0.3, -0.25) is 4.90 Å². The zero-order chi connectivity index (χ0) is 27.7. The number of aliphatic hydroxyl groups is 1. The Kier molecular flexibility index (Phi) is 8.23. The Labute approximate surface area is 233 Å². The van der Waals surface area contributed by atoms with Gasteiger partial charge in [-0.05, 0) is 98.9 Å². The molecule has 0 aromatic heterocycles. The van der Waals surface area contributed by atoms with Crippen LogP contribution in [0, 0.1) is 0 Å². The molecular weight excluding hydrogens is 614 g/mol. The average molecular weight is 645 g/mol. The highest BCUT2D eigenvalue weighted by atomic mass is 127. The van der Waals surface area contributed by atoms with E-state index < -0.39 is 29.7 Å². The number of alkyl halides is 3. The molecule has 4 rings (SSSR count). The number of amides is 1. The van der Waals surface area contributed by atoms with Crippen molar-refractivity contribution in [1.29, 1.82) is 0 Å². The maximum Gasteiger partial charge on any atom is 0.573 e. The molecule has 2 aliphatic rings. The third-order valence-electron chi connectivity index (χ3n) is 6.14. The first kappa shape index (κ1) is 28.5. The van der Waals surface area contributed by atoms with Crippen LogP contribution in [0.2, 0.25) is 0 Å². The summed E-state index contributed by atoms with van der Waals surface area (Å²) in [6.07, 6.45) is -1.22. The van der Waals surface area contributed by atoms with Gasteiger partial charge in [-0.15, -0.1) is 13.2 Å². The Morgan fingerprint density at radius 1 is 1.13 bits per heavy atom. The SMILES string of the molecule is CC(C)(C)OC(=O)N1CCC[C@@](O)(/C=C(\I)c2cc(OC(F)(F)F)ccc2OC2CC2)[C@@H]1c1ccccc1. The minimum Gasteiger partial charge on any atom is -0.490 e. The fraction of sp³-hybridized carbons (Fsp3) is 0.464. The van der Waals surface area contributed by atoms with E-state index in [0.29, 0.717) is 39.8 Å². The summed E-state index contributed by atoms with van der Waals surface area (Å²) < 4.78 is 55.1. The highest BCUT2D eigenvalue weighted by Gasteiger charge is 2.46. The van der Waals surface area contributed by atoms with E-state index in [0.717, 1.165) is 12.8 Å². The van der Waals surface area contributed by atoms with E-state index in [1.807, 2.05) is 52.9 Å². The molecule has 1 N–H and O–H groups in total. The quantitative estimate of drug-likeness (QED) is 0.332. The molecule has 1 saturated carbocycles. The summed E-state index contributed by atoms with van der Waals surface area (Å²) in [4.78, 5) is 14.8. The molecule has 2 atom stereocenters. The zero-order valence-corrected chi connectivity index (χ0v) is 23.6. The molecule has 1 aliphatic heterocycles. The molecule has 38 heavy (non-hydrogen) atoms. The Balaban J connectivity index is 1.76. The van der Waals surface area contributed by atoms with Crippen LogP contribution in [0.5, 0.6) is 11.5 Å². The van der Waals surface area contributed by atoms with Crippen LogP contribution in [0.1, 0.15) is 63.6 Å². The normalized spacial score (nSPS) is 22.7. The number of ether oxygens (including phenoxy) is 3. The van der Waals surface area contributed by atoms with Crippen LogP contribution in [0.25, 0.3) is 3.58 Å². The second-order valence-electron chi connectivity index (χ2n) is 10.6. The maximum atomic E-state index is 13.2. The predicted octanol–water partition coefficient (Wildman–Crippen LogP) is 7.41. The molecule has 1 aliphatic carbocycles. The number of carbonyl (C=O) groups is 1. The van der Waals surface area contributed by atoms with Gasteiger partial charge in [0.05, 0.1) is 12.1 Å². The molecule has 0 radical (unpaired) electrons. The van der Waals surface area contributed by atoms with Gasteiger partial charge in [0.1, 0.15) is 22.7 Å². The van der Waals surface area contributed by atoms with E-state index in [1.54, 1.807) is 26.8 Å². The standard InChI is InChI=1S/C28H31F3INO5/c1-26(2,3)38-25(34)33-15-7-14-27(35,24(33)18-8-5-4-6-9-18)17-22(32)21-16-20(37-28(29,30)31)12-13-23(21)36-19-10-11-19/h4-6,8-9,12-13,16-17,19,24,35H,7,10-11,14-15H2,1-3H3/b22-17-/t24-,27+/m0/s1. The Morgan fingerprint density at radius 3 is 2.42 bits per heavy atom. The van der Waals surface area contributed by atoms with E-state index in [4.69, 9.17) is 9.47 Å². The van der Waals surface area contributed by atoms with Crippen molar-refractivity contribution in [1.82, 2.24) is 4.90 Å². The number of benzene rings is 2. The lowest BCUT2D eigenvalue weighted by Gasteiger charge is -2.46. The molecule has 1 saturated heterocycles. The molecule has 6 nitrogen and oxygen atoms in total. The van der Waals surface area contributed by atoms with Gasteiger partial charge in [0.25, 0.3) is 0 Å². The largest absolute Gasteiger partial charge is 0.573 e. The summed E-state index contributed by atoms with van der Waals surface area (Å²) in [5.74, 6) is 0.0196. The Hall–Kier alpha value is -2.47. The molecular formula is C28H31F3INO5. The predicted molar refractivity (Wildman–Crippen MR) is 145 cm³/mol. The van der Waals surface area contributed by atoms with E-state index in [9.17, 15) is 23.1 Å². The van der Waals surface area contributed by atoms with Crippen molar-refractivity contribution in [3.63, 3.8) is 0 Å². The summed E-state index contributed by atoms with van der Waals surface area (Å²) in [6, 6.07) is 12.3. The smallest absolute Gasteiger partial charge is 0.490 e. The van der Waals surface area contributed by atoms with Crippen LogP contribution in [0.3, 0.4) is 0 Å².